The van der Waals surface area contributed by atoms with Gasteiger partial charge in [0.15, 0.2) is 0 Å². The summed E-state index contributed by atoms with van der Waals surface area (Å²) in [5.74, 6) is 0.0233. The number of carbonyl (C=O) groups excluding carboxylic acids is 1. The number of rotatable bonds is 3. The van der Waals surface area contributed by atoms with E-state index in [1.807, 2.05) is 5.06 Å². The Kier molecular flexibility index (Phi) is 4.94. The quantitative estimate of drug-likeness (QED) is 0.704. The average molecular weight is 258 g/mol. The van der Waals surface area contributed by atoms with Crippen molar-refractivity contribution < 1.29 is 19.8 Å². The van der Waals surface area contributed by atoms with Crippen LogP contribution in [-0.2, 0) is 9.63 Å². The van der Waals surface area contributed by atoms with Crippen LogP contribution in [0.2, 0.25) is 0 Å². The number of aliphatic hydroxyl groups excluding tert-OH is 2. The van der Waals surface area contributed by atoms with E-state index >= 15 is 0 Å². The Morgan fingerprint density at radius 2 is 2.06 bits per heavy atom. The molecule has 1 amide bonds. The number of β-amino-alcohol motifs (C(OH)–C–C–N with tert-alkyl or cyclic N) is 1. The molecule has 2 rings (SSSR count). The number of aliphatic hydroxyl groups is 2. The third kappa shape index (κ3) is 3.65. The van der Waals surface area contributed by atoms with Gasteiger partial charge in [0.2, 0.25) is 5.91 Å². The Hall–Kier alpha value is -0.690. The van der Waals surface area contributed by atoms with Gasteiger partial charge in [-0.25, -0.2) is 0 Å². The summed E-state index contributed by atoms with van der Waals surface area (Å²) in [6.07, 6.45) is 1.55. The summed E-state index contributed by atoms with van der Waals surface area (Å²) in [5, 5.41) is 20.8. The van der Waals surface area contributed by atoms with Gasteiger partial charge in [0.1, 0.15) is 0 Å². The first kappa shape index (κ1) is 13.7. The minimum absolute atomic E-state index is 0.0233. The van der Waals surface area contributed by atoms with Crippen molar-refractivity contribution in [2.45, 2.75) is 37.9 Å². The predicted molar refractivity (Wildman–Crippen MR) is 64.6 cm³/mol. The van der Waals surface area contributed by atoms with Crippen molar-refractivity contribution in [2.24, 2.45) is 0 Å². The Balaban J connectivity index is 1.70. The number of hydrogen-bond donors (Lipinski definition) is 2. The highest BCUT2D eigenvalue weighted by molar-refractivity contribution is 5.76. The fourth-order valence-electron chi connectivity index (χ4n) is 2.35. The third-order valence-corrected chi connectivity index (χ3v) is 3.55. The van der Waals surface area contributed by atoms with Crippen LogP contribution in [0.4, 0.5) is 0 Å². The molecule has 0 aromatic heterocycles. The van der Waals surface area contributed by atoms with Crippen LogP contribution in [0.25, 0.3) is 0 Å². The summed E-state index contributed by atoms with van der Waals surface area (Å²) >= 11 is 0. The molecule has 0 aromatic carbocycles. The maximum absolute atomic E-state index is 11.9. The zero-order valence-corrected chi connectivity index (χ0v) is 10.6. The molecule has 104 valence electrons. The molecule has 18 heavy (non-hydrogen) atoms. The lowest BCUT2D eigenvalue weighted by Crippen LogP contribution is -2.49. The van der Waals surface area contributed by atoms with Crippen LogP contribution >= 0.6 is 0 Å². The van der Waals surface area contributed by atoms with E-state index in [0.717, 1.165) is 26.0 Å². The van der Waals surface area contributed by atoms with E-state index in [0.29, 0.717) is 25.9 Å². The molecule has 0 aromatic rings. The molecule has 2 heterocycles. The highest BCUT2D eigenvalue weighted by Crippen LogP contribution is 2.13. The Morgan fingerprint density at radius 1 is 1.22 bits per heavy atom. The van der Waals surface area contributed by atoms with Gasteiger partial charge in [-0.15, -0.1) is 0 Å². The van der Waals surface area contributed by atoms with E-state index < -0.39 is 12.2 Å². The van der Waals surface area contributed by atoms with Crippen molar-refractivity contribution in [3.8, 4) is 0 Å². The van der Waals surface area contributed by atoms with E-state index in [4.69, 9.17) is 4.84 Å². The molecule has 2 atom stereocenters. The number of hydrogen-bond acceptors (Lipinski definition) is 5. The van der Waals surface area contributed by atoms with Crippen molar-refractivity contribution in [3.63, 3.8) is 0 Å². The number of hydroxylamine groups is 2. The molecule has 2 saturated heterocycles. The fraction of sp³-hybridized carbons (Fsp3) is 0.917. The van der Waals surface area contributed by atoms with Crippen molar-refractivity contribution in [2.75, 3.05) is 32.8 Å². The molecule has 2 aliphatic rings. The lowest BCUT2D eigenvalue weighted by Gasteiger charge is -2.34. The van der Waals surface area contributed by atoms with Crippen LogP contribution in [0.1, 0.15) is 25.7 Å². The monoisotopic (exact) mass is 258 g/mol. The Bertz CT molecular complexity index is 281. The molecule has 0 saturated carbocycles. The second-order valence-electron chi connectivity index (χ2n) is 4.98. The van der Waals surface area contributed by atoms with Gasteiger partial charge in [-0.2, -0.15) is 5.06 Å². The molecule has 0 unspecified atom stereocenters. The van der Waals surface area contributed by atoms with Crippen LogP contribution in [-0.4, -0.2) is 71.1 Å². The molecule has 2 fully saturated rings. The van der Waals surface area contributed by atoms with Crippen LogP contribution in [0, 0.1) is 0 Å². The number of nitrogens with zero attached hydrogens (tertiary/aromatic N) is 2. The topological polar surface area (TPSA) is 73.2 Å². The van der Waals surface area contributed by atoms with Crippen LogP contribution < -0.4 is 0 Å². The summed E-state index contributed by atoms with van der Waals surface area (Å²) in [6, 6.07) is 0. The number of carbonyl (C=O) groups is 1. The van der Waals surface area contributed by atoms with Crippen molar-refractivity contribution >= 4 is 5.91 Å². The van der Waals surface area contributed by atoms with E-state index in [2.05, 4.69) is 0 Å². The first-order valence-corrected chi connectivity index (χ1v) is 6.68. The third-order valence-electron chi connectivity index (χ3n) is 3.55. The maximum Gasteiger partial charge on any atom is 0.224 e. The van der Waals surface area contributed by atoms with E-state index in [1.54, 1.807) is 4.90 Å². The van der Waals surface area contributed by atoms with Gasteiger partial charge in [0.25, 0.3) is 0 Å². The summed E-state index contributed by atoms with van der Waals surface area (Å²) < 4.78 is 0. The predicted octanol–water partition coefficient (Wildman–Crippen LogP) is -0.642. The van der Waals surface area contributed by atoms with E-state index in [-0.39, 0.29) is 12.5 Å². The Labute approximate surface area is 107 Å². The molecule has 2 N–H and O–H groups in total. The smallest absolute Gasteiger partial charge is 0.224 e. The maximum atomic E-state index is 11.9. The standard InChI is InChI=1S/C12H22N2O4/c15-10-3-6-13(9-11(10)16)12(17)4-7-14-5-1-2-8-18-14/h10-11,15-16H,1-9H2/t10-,11-/m1/s1. The summed E-state index contributed by atoms with van der Waals surface area (Å²) in [5.41, 5.74) is 0. The molecule has 6 nitrogen and oxygen atoms in total. The van der Waals surface area contributed by atoms with E-state index in [1.165, 1.54) is 0 Å². The summed E-state index contributed by atoms with van der Waals surface area (Å²) in [7, 11) is 0. The normalized spacial score (nSPS) is 30.4. The second kappa shape index (κ2) is 6.47. The van der Waals surface area contributed by atoms with Gasteiger partial charge in [-0.05, 0) is 19.3 Å². The average Bonchev–Trinajstić information content (AvgIpc) is 2.40. The first-order valence-electron chi connectivity index (χ1n) is 6.68. The van der Waals surface area contributed by atoms with Crippen molar-refractivity contribution in [3.05, 3.63) is 0 Å². The molecule has 0 aliphatic carbocycles. The minimum Gasteiger partial charge on any atom is -0.390 e. The molecular formula is C12H22N2O4. The van der Waals surface area contributed by atoms with Crippen LogP contribution in [0.5, 0.6) is 0 Å². The minimum atomic E-state index is -0.811. The van der Waals surface area contributed by atoms with Gasteiger partial charge < -0.3 is 15.1 Å². The van der Waals surface area contributed by atoms with Gasteiger partial charge in [0, 0.05) is 32.6 Å². The Morgan fingerprint density at radius 3 is 2.72 bits per heavy atom. The molecule has 2 aliphatic heterocycles. The highest BCUT2D eigenvalue weighted by Gasteiger charge is 2.28. The zero-order chi connectivity index (χ0) is 13.0. The molecular weight excluding hydrogens is 236 g/mol. The lowest BCUT2D eigenvalue weighted by molar-refractivity contribution is -0.183. The highest BCUT2D eigenvalue weighted by atomic mass is 16.7. The van der Waals surface area contributed by atoms with Gasteiger partial charge in [0.05, 0.1) is 18.8 Å². The number of amides is 1. The van der Waals surface area contributed by atoms with Crippen molar-refractivity contribution in [1.82, 2.24) is 9.96 Å². The molecule has 0 radical (unpaired) electrons. The first-order chi connectivity index (χ1) is 8.66. The fourth-order valence-corrected chi connectivity index (χ4v) is 2.35. The molecule has 6 heteroatoms. The zero-order valence-electron chi connectivity index (χ0n) is 10.6. The van der Waals surface area contributed by atoms with Gasteiger partial charge >= 0.3 is 0 Å². The number of piperidine rings is 1. The second-order valence-corrected chi connectivity index (χ2v) is 4.98. The van der Waals surface area contributed by atoms with Crippen LogP contribution in [0.3, 0.4) is 0 Å². The van der Waals surface area contributed by atoms with E-state index in [9.17, 15) is 15.0 Å². The summed E-state index contributed by atoms with van der Waals surface area (Å²) in [6.45, 7) is 2.99. The summed E-state index contributed by atoms with van der Waals surface area (Å²) in [4.78, 5) is 19.0. The lowest BCUT2D eigenvalue weighted by atomic mass is 10.0. The molecule has 0 bridgehead atoms. The van der Waals surface area contributed by atoms with Crippen molar-refractivity contribution in [1.29, 1.82) is 0 Å². The largest absolute Gasteiger partial charge is 0.390 e. The van der Waals surface area contributed by atoms with Gasteiger partial charge in [-0.1, -0.05) is 0 Å². The molecule has 0 spiro atoms. The SMILES string of the molecule is O=C(CCN1CCCCO1)N1CC[C@@H](O)[C@H](O)C1. The van der Waals surface area contributed by atoms with Gasteiger partial charge in [-0.3, -0.25) is 9.63 Å². The number of likely N-dealkylation sites (tertiary alicyclic amines) is 1. The van der Waals surface area contributed by atoms with Crippen LogP contribution in [0.15, 0.2) is 0 Å².